The lowest BCUT2D eigenvalue weighted by Gasteiger charge is -2.14. The van der Waals surface area contributed by atoms with Crippen LogP contribution in [-0.4, -0.2) is 18.3 Å². The monoisotopic (exact) mass is 295 g/mol. The van der Waals surface area contributed by atoms with Crippen molar-refractivity contribution < 1.29 is 22.7 Å². The number of rotatable bonds is 4. The number of carbonyl (C=O) groups excluding carboxylic acids is 1. The molecule has 0 fully saturated rings. The standard InChI is InChI=1S/C12H13ClF3NO2/c1-7(2)17-11(18)10(13)8-4-3-5-9(6-8)19-12(14,15)16/h3-7,10H,1-2H3,(H,17,18). The Morgan fingerprint density at radius 3 is 2.53 bits per heavy atom. The van der Waals surface area contributed by atoms with Crippen molar-refractivity contribution in [1.82, 2.24) is 5.32 Å². The van der Waals surface area contributed by atoms with Crippen LogP contribution in [0.15, 0.2) is 24.3 Å². The summed E-state index contributed by atoms with van der Waals surface area (Å²) in [5.41, 5.74) is 0.238. The first kappa shape index (κ1) is 15.6. The van der Waals surface area contributed by atoms with Crippen molar-refractivity contribution in [2.75, 3.05) is 0 Å². The molecule has 106 valence electrons. The highest BCUT2D eigenvalue weighted by atomic mass is 35.5. The molecule has 1 aromatic rings. The van der Waals surface area contributed by atoms with E-state index in [0.717, 1.165) is 12.1 Å². The number of carbonyl (C=O) groups is 1. The van der Waals surface area contributed by atoms with Gasteiger partial charge in [0.1, 0.15) is 11.1 Å². The van der Waals surface area contributed by atoms with E-state index in [4.69, 9.17) is 11.6 Å². The van der Waals surface area contributed by atoms with Gasteiger partial charge in [-0.3, -0.25) is 4.79 Å². The van der Waals surface area contributed by atoms with Gasteiger partial charge in [-0.15, -0.1) is 24.8 Å². The quantitative estimate of drug-likeness (QED) is 0.865. The maximum atomic E-state index is 12.1. The van der Waals surface area contributed by atoms with Crippen LogP contribution in [0.25, 0.3) is 0 Å². The highest BCUT2D eigenvalue weighted by Crippen LogP contribution is 2.28. The molecule has 0 radical (unpaired) electrons. The second-order valence-corrected chi connectivity index (χ2v) is 4.58. The summed E-state index contributed by atoms with van der Waals surface area (Å²) in [5, 5.41) is 1.50. The van der Waals surface area contributed by atoms with E-state index in [1.807, 2.05) is 0 Å². The lowest BCUT2D eigenvalue weighted by molar-refractivity contribution is -0.274. The highest BCUT2D eigenvalue weighted by Gasteiger charge is 2.31. The van der Waals surface area contributed by atoms with E-state index in [1.165, 1.54) is 12.1 Å². The van der Waals surface area contributed by atoms with Crippen LogP contribution in [0.3, 0.4) is 0 Å². The van der Waals surface area contributed by atoms with Gasteiger partial charge in [0.2, 0.25) is 5.91 Å². The van der Waals surface area contributed by atoms with Crippen molar-refractivity contribution in [2.24, 2.45) is 0 Å². The zero-order chi connectivity index (χ0) is 14.6. The summed E-state index contributed by atoms with van der Waals surface area (Å²) in [6.07, 6.45) is -4.78. The molecule has 0 aliphatic rings. The Morgan fingerprint density at radius 2 is 2.00 bits per heavy atom. The molecule has 0 heterocycles. The van der Waals surface area contributed by atoms with Gasteiger partial charge in [0.15, 0.2) is 0 Å². The molecule has 3 nitrogen and oxygen atoms in total. The largest absolute Gasteiger partial charge is 0.573 e. The van der Waals surface area contributed by atoms with Crippen molar-refractivity contribution in [3.05, 3.63) is 29.8 Å². The van der Waals surface area contributed by atoms with Crippen LogP contribution >= 0.6 is 11.6 Å². The molecule has 0 saturated heterocycles. The van der Waals surface area contributed by atoms with Gasteiger partial charge >= 0.3 is 6.36 Å². The SMILES string of the molecule is CC(C)NC(=O)C(Cl)c1cccc(OC(F)(F)F)c1. The molecule has 1 atom stereocenters. The minimum Gasteiger partial charge on any atom is -0.406 e. The molecule has 0 bridgehead atoms. The van der Waals surface area contributed by atoms with Crippen molar-refractivity contribution in [2.45, 2.75) is 31.6 Å². The van der Waals surface area contributed by atoms with Gasteiger partial charge in [-0.2, -0.15) is 0 Å². The zero-order valence-corrected chi connectivity index (χ0v) is 11.0. The Labute approximate surface area is 113 Å². The number of hydrogen-bond donors (Lipinski definition) is 1. The lowest BCUT2D eigenvalue weighted by Crippen LogP contribution is -2.32. The van der Waals surface area contributed by atoms with E-state index in [-0.39, 0.29) is 11.6 Å². The lowest BCUT2D eigenvalue weighted by atomic mass is 10.1. The van der Waals surface area contributed by atoms with Crippen LogP contribution in [0.1, 0.15) is 24.8 Å². The van der Waals surface area contributed by atoms with Gasteiger partial charge in [0.25, 0.3) is 0 Å². The molecular weight excluding hydrogens is 283 g/mol. The predicted molar refractivity (Wildman–Crippen MR) is 65.0 cm³/mol. The number of hydrogen-bond acceptors (Lipinski definition) is 2. The maximum absolute atomic E-state index is 12.1. The number of halogens is 4. The summed E-state index contributed by atoms with van der Waals surface area (Å²) in [4.78, 5) is 11.6. The summed E-state index contributed by atoms with van der Waals surface area (Å²) in [5.74, 6) is -0.881. The van der Waals surface area contributed by atoms with E-state index in [9.17, 15) is 18.0 Å². The molecule has 1 aromatic carbocycles. The van der Waals surface area contributed by atoms with Crippen LogP contribution in [-0.2, 0) is 4.79 Å². The summed E-state index contributed by atoms with van der Waals surface area (Å²) in [6.45, 7) is 3.51. The molecule has 1 amide bonds. The first-order chi connectivity index (χ1) is 8.69. The molecule has 7 heteroatoms. The van der Waals surface area contributed by atoms with E-state index >= 15 is 0 Å². The molecule has 0 spiro atoms. The van der Waals surface area contributed by atoms with Crippen molar-refractivity contribution in [1.29, 1.82) is 0 Å². The van der Waals surface area contributed by atoms with Crippen molar-refractivity contribution >= 4 is 17.5 Å². The Bertz CT molecular complexity index is 449. The summed E-state index contributed by atoms with van der Waals surface area (Å²) < 4.78 is 40.0. The second kappa shape index (κ2) is 6.14. The fraction of sp³-hybridized carbons (Fsp3) is 0.417. The van der Waals surface area contributed by atoms with Crippen LogP contribution in [0.5, 0.6) is 5.75 Å². The number of nitrogens with one attached hydrogen (secondary N) is 1. The Kier molecular flexibility index (Phi) is 5.05. The van der Waals surface area contributed by atoms with Gasteiger partial charge in [-0.1, -0.05) is 12.1 Å². The fourth-order valence-electron chi connectivity index (χ4n) is 1.38. The molecule has 1 rings (SSSR count). The first-order valence-electron chi connectivity index (χ1n) is 5.49. The third-order valence-corrected chi connectivity index (χ3v) is 2.50. The van der Waals surface area contributed by atoms with Gasteiger partial charge in [0, 0.05) is 6.04 Å². The van der Waals surface area contributed by atoms with E-state index in [1.54, 1.807) is 13.8 Å². The average molecular weight is 296 g/mol. The van der Waals surface area contributed by atoms with Gasteiger partial charge in [-0.05, 0) is 31.5 Å². The van der Waals surface area contributed by atoms with Crippen LogP contribution in [0.4, 0.5) is 13.2 Å². The third-order valence-electron chi connectivity index (χ3n) is 2.05. The Hall–Kier alpha value is -1.43. The molecule has 0 aromatic heterocycles. The highest BCUT2D eigenvalue weighted by molar-refractivity contribution is 6.30. The second-order valence-electron chi connectivity index (χ2n) is 4.15. The van der Waals surface area contributed by atoms with Gasteiger partial charge in [-0.25, -0.2) is 0 Å². The Morgan fingerprint density at radius 1 is 1.37 bits per heavy atom. The average Bonchev–Trinajstić information content (AvgIpc) is 2.25. The molecule has 0 aliphatic carbocycles. The summed E-state index contributed by atoms with van der Waals surface area (Å²) in [7, 11) is 0. The topological polar surface area (TPSA) is 38.3 Å². The Balaban J connectivity index is 2.84. The van der Waals surface area contributed by atoms with Gasteiger partial charge < -0.3 is 10.1 Å². The van der Waals surface area contributed by atoms with E-state index in [2.05, 4.69) is 10.1 Å². The van der Waals surface area contributed by atoms with Gasteiger partial charge in [0.05, 0.1) is 0 Å². The normalized spacial score (nSPS) is 13.2. The van der Waals surface area contributed by atoms with Crippen LogP contribution in [0.2, 0.25) is 0 Å². The van der Waals surface area contributed by atoms with Crippen LogP contribution in [0, 0.1) is 0 Å². The van der Waals surface area contributed by atoms with Crippen molar-refractivity contribution in [3.63, 3.8) is 0 Å². The number of amides is 1. The molecule has 1 unspecified atom stereocenters. The molecule has 0 aliphatic heterocycles. The molecular formula is C12H13ClF3NO2. The molecule has 1 N–H and O–H groups in total. The smallest absolute Gasteiger partial charge is 0.406 e. The van der Waals surface area contributed by atoms with Crippen LogP contribution < -0.4 is 10.1 Å². The number of alkyl halides is 4. The third kappa shape index (κ3) is 5.38. The fourth-order valence-corrected chi connectivity index (χ4v) is 1.58. The molecule has 19 heavy (non-hydrogen) atoms. The van der Waals surface area contributed by atoms with Crippen molar-refractivity contribution in [3.8, 4) is 5.75 Å². The number of benzene rings is 1. The minimum atomic E-state index is -4.78. The minimum absolute atomic E-state index is 0.108. The van der Waals surface area contributed by atoms with E-state index in [0.29, 0.717) is 0 Å². The zero-order valence-electron chi connectivity index (χ0n) is 10.3. The first-order valence-corrected chi connectivity index (χ1v) is 5.93. The number of ether oxygens (including phenoxy) is 1. The summed E-state index contributed by atoms with van der Waals surface area (Å²) in [6, 6.07) is 4.92. The molecule has 0 saturated carbocycles. The predicted octanol–water partition coefficient (Wildman–Crippen LogP) is 3.39. The summed E-state index contributed by atoms with van der Waals surface area (Å²) >= 11 is 5.90. The van der Waals surface area contributed by atoms with E-state index < -0.39 is 23.4 Å². The maximum Gasteiger partial charge on any atom is 0.573 e.